The molecule has 0 unspecified atom stereocenters. The molecular formula is C23H25FO. The molecule has 0 bridgehead atoms. The van der Waals surface area contributed by atoms with Crippen LogP contribution >= 0.6 is 0 Å². The van der Waals surface area contributed by atoms with E-state index in [0.717, 1.165) is 53.5 Å². The zero-order valence-electron chi connectivity index (χ0n) is 15.0. The van der Waals surface area contributed by atoms with Crippen LogP contribution in [0.4, 0.5) is 4.39 Å². The van der Waals surface area contributed by atoms with Gasteiger partial charge in [-0.15, -0.1) is 0 Å². The molecule has 0 fully saturated rings. The van der Waals surface area contributed by atoms with Gasteiger partial charge in [0.05, 0.1) is 6.61 Å². The second-order valence-electron chi connectivity index (χ2n) is 6.39. The molecule has 0 spiro atoms. The van der Waals surface area contributed by atoms with E-state index in [0.29, 0.717) is 12.0 Å². The molecule has 130 valence electrons. The molecule has 0 radical (unpaired) electrons. The highest BCUT2D eigenvalue weighted by Gasteiger charge is 2.08. The minimum atomic E-state index is -0.0631. The van der Waals surface area contributed by atoms with Crippen molar-refractivity contribution >= 4 is 10.8 Å². The van der Waals surface area contributed by atoms with Crippen molar-refractivity contribution in [1.82, 2.24) is 0 Å². The van der Waals surface area contributed by atoms with Crippen LogP contribution in [-0.2, 0) is 6.42 Å². The van der Waals surface area contributed by atoms with Crippen molar-refractivity contribution in [3.05, 3.63) is 66.0 Å². The zero-order chi connectivity index (χ0) is 17.6. The molecule has 0 N–H and O–H groups in total. The molecule has 3 aromatic carbocycles. The molecular weight excluding hydrogens is 311 g/mol. The standard InChI is InChI=1S/C23H25FO/c1-3-5-6-7-18-8-9-20-16-19(12-15-22(20)23(18)24)17-10-13-21(14-11-17)25-4-2/h8-16H,3-7H2,1-2H3. The highest BCUT2D eigenvalue weighted by molar-refractivity contribution is 5.88. The number of aryl methyl sites for hydroxylation is 1. The molecule has 0 aromatic heterocycles. The van der Waals surface area contributed by atoms with E-state index in [4.69, 9.17) is 4.74 Å². The smallest absolute Gasteiger partial charge is 0.134 e. The topological polar surface area (TPSA) is 9.23 Å². The molecule has 0 saturated carbocycles. The summed E-state index contributed by atoms with van der Waals surface area (Å²) in [6.07, 6.45) is 4.16. The minimum Gasteiger partial charge on any atom is -0.494 e. The predicted molar refractivity (Wildman–Crippen MR) is 104 cm³/mol. The summed E-state index contributed by atoms with van der Waals surface area (Å²) >= 11 is 0. The normalized spacial score (nSPS) is 11.0. The molecule has 0 atom stereocenters. The molecule has 1 nitrogen and oxygen atoms in total. The van der Waals surface area contributed by atoms with Gasteiger partial charge >= 0.3 is 0 Å². The summed E-state index contributed by atoms with van der Waals surface area (Å²) in [5.74, 6) is 0.807. The van der Waals surface area contributed by atoms with Gasteiger partial charge < -0.3 is 4.74 Å². The largest absolute Gasteiger partial charge is 0.494 e. The number of hydrogen-bond donors (Lipinski definition) is 0. The van der Waals surface area contributed by atoms with Crippen LogP contribution in [0.2, 0.25) is 0 Å². The third kappa shape index (κ3) is 4.01. The van der Waals surface area contributed by atoms with E-state index in [1.54, 1.807) is 0 Å². The molecule has 25 heavy (non-hydrogen) atoms. The highest BCUT2D eigenvalue weighted by atomic mass is 19.1. The van der Waals surface area contributed by atoms with E-state index in [1.807, 2.05) is 55.5 Å². The van der Waals surface area contributed by atoms with E-state index in [2.05, 4.69) is 13.0 Å². The lowest BCUT2D eigenvalue weighted by molar-refractivity contribution is 0.340. The van der Waals surface area contributed by atoms with Crippen molar-refractivity contribution < 1.29 is 9.13 Å². The van der Waals surface area contributed by atoms with Gasteiger partial charge in [0.2, 0.25) is 0 Å². The quantitative estimate of drug-likeness (QED) is 0.432. The van der Waals surface area contributed by atoms with Crippen LogP contribution in [0, 0.1) is 5.82 Å². The Morgan fingerprint density at radius 1 is 0.840 bits per heavy atom. The predicted octanol–water partition coefficient (Wildman–Crippen LogP) is 6.78. The van der Waals surface area contributed by atoms with Crippen molar-refractivity contribution in [3.63, 3.8) is 0 Å². The first-order valence-corrected chi connectivity index (χ1v) is 9.17. The van der Waals surface area contributed by atoms with Crippen LogP contribution in [0.25, 0.3) is 21.9 Å². The molecule has 0 aliphatic heterocycles. The molecule has 3 aromatic rings. The Kier molecular flexibility index (Phi) is 5.70. The zero-order valence-corrected chi connectivity index (χ0v) is 15.0. The molecule has 0 heterocycles. The van der Waals surface area contributed by atoms with Crippen LogP contribution in [0.1, 0.15) is 38.7 Å². The lowest BCUT2D eigenvalue weighted by atomic mass is 9.97. The van der Waals surface area contributed by atoms with Gasteiger partial charge in [0, 0.05) is 5.39 Å². The summed E-state index contributed by atoms with van der Waals surface area (Å²) in [5.41, 5.74) is 3.03. The van der Waals surface area contributed by atoms with Crippen LogP contribution in [-0.4, -0.2) is 6.61 Å². The maximum absolute atomic E-state index is 14.8. The molecule has 0 aliphatic carbocycles. The molecule has 3 rings (SSSR count). The number of hydrogen-bond acceptors (Lipinski definition) is 1. The van der Waals surface area contributed by atoms with Gasteiger partial charge in [0.15, 0.2) is 0 Å². The first-order valence-electron chi connectivity index (χ1n) is 9.17. The van der Waals surface area contributed by atoms with Gasteiger partial charge in [-0.2, -0.15) is 0 Å². The Morgan fingerprint density at radius 2 is 1.60 bits per heavy atom. The average Bonchev–Trinajstić information content (AvgIpc) is 2.64. The van der Waals surface area contributed by atoms with Gasteiger partial charge in [0.25, 0.3) is 0 Å². The van der Waals surface area contributed by atoms with Crippen LogP contribution in [0.15, 0.2) is 54.6 Å². The first kappa shape index (κ1) is 17.5. The third-order valence-corrected chi connectivity index (χ3v) is 4.58. The number of halogens is 1. The lowest BCUT2D eigenvalue weighted by Gasteiger charge is -2.09. The Morgan fingerprint density at radius 3 is 2.32 bits per heavy atom. The summed E-state index contributed by atoms with van der Waals surface area (Å²) in [6, 6.07) is 18.0. The van der Waals surface area contributed by atoms with Gasteiger partial charge in [0.1, 0.15) is 11.6 Å². The second kappa shape index (κ2) is 8.15. The molecule has 0 amide bonds. The summed E-state index contributed by atoms with van der Waals surface area (Å²) in [4.78, 5) is 0. The van der Waals surface area contributed by atoms with E-state index in [9.17, 15) is 4.39 Å². The monoisotopic (exact) mass is 336 g/mol. The van der Waals surface area contributed by atoms with E-state index >= 15 is 0 Å². The fraction of sp³-hybridized carbons (Fsp3) is 0.304. The van der Waals surface area contributed by atoms with Crippen molar-refractivity contribution in [3.8, 4) is 16.9 Å². The minimum absolute atomic E-state index is 0.0631. The van der Waals surface area contributed by atoms with Crippen molar-refractivity contribution in [2.75, 3.05) is 6.61 Å². The number of ether oxygens (including phenoxy) is 1. The Balaban J connectivity index is 1.88. The van der Waals surface area contributed by atoms with Gasteiger partial charge in [-0.3, -0.25) is 0 Å². The molecule has 0 saturated heterocycles. The average molecular weight is 336 g/mol. The number of fused-ring (bicyclic) bond motifs is 1. The molecule has 0 aliphatic rings. The van der Waals surface area contributed by atoms with E-state index in [1.165, 1.54) is 0 Å². The Labute approximate surface area is 149 Å². The summed E-state index contributed by atoms with van der Waals surface area (Å²) in [5, 5.41) is 1.66. The Bertz CT molecular complexity index is 837. The fourth-order valence-corrected chi connectivity index (χ4v) is 3.19. The summed E-state index contributed by atoms with van der Waals surface area (Å²) in [6.45, 7) is 4.80. The van der Waals surface area contributed by atoms with Gasteiger partial charge in [-0.1, -0.05) is 56.2 Å². The second-order valence-corrected chi connectivity index (χ2v) is 6.39. The van der Waals surface area contributed by atoms with Crippen molar-refractivity contribution in [1.29, 1.82) is 0 Å². The van der Waals surface area contributed by atoms with Crippen molar-refractivity contribution in [2.24, 2.45) is 0 Å². The highest BCUT2D eigenvalue weighted by Crippen LogP contribution is 2.29. The molecule has 2 heteroatoms. The fourth-order valence-electron chi connectivity index (χ4n) is 3.19. The first-order chi connectivity index (χ1) is 12.2. The van der Waals surface area contributed by atoms with E-state index < -0.39 is 0 Å². The lowest BCUT2D eigenvalue weighted by Crippen LogP contribution is -1.93. The number of rotatable bonds is 7. The van der Waals surface area contributed by atoms with Gasteiger partial charge in [-0.05, 0) is 60.0 Å². The van der Waals surface area contributed by atoms with Crippen molar-refractivity contribution in [2.45, 2.75) is 39.5 Å². The number of unbranched alkanes of at least 4 members (excludes halogenated alkanes) is 2. The maximum atomic E-state index is 14.8. The summed E-state index contributed by atoms with van der Waals surface area (Å²) < 4.78 is 20.2. The summed E-state index contributed by atoms with van der Waals surface area (Å²) in [7, 11) is 0. The maximum Gasteiger partial charge on any atom is 0.134 e. The van der Waals surface area contributed by atoms with E-state index in [-0.39, 0.29) is 5.82 Å². The van der Waals surface area contributed by atoms with Crippen LogP contribution in [0.3, 0.4) is 0 Å². The van der Waals surface area contributed by atoms with Crippen LogP contribution < -0.4 is 4.74 Å². The van der Waals surface area contributed by atoms with Gasteiger partial charge in [-0.25, -0.2) is 4.39 Å². The Hall–Kier alpha value is -2.35. The SMILES string of the molecule is CCCCCc1ccc2cc(-c3ccc(OCC)cc3)ccc2c1F. The number of benzene rings is 3. The third-order valence-electron chi connectivity index (χ3n) is 4.58. The van der Waals surface area contributed by atoms with Crippen LogP contribution in [0.5, 0.6) is 5.75 Å².